The van der Waals surface area contributed by atoms with Crippen LogP contribution in [0.4, 0.5) is 0 Å². The number of aromatic nitrogens is 1. The molecule has 0 aliphatic heterocycles. The summed E-state index contributed by atoms with van der Waals surface area (Å²) in [6.07, 6.45) is 3.81. The molecule has 1 aromatic carbocycles. The van der Waals surface area contributed by atoms with E-state index in [4.69, 9.17) is 0 Å². The van der Waals surface area contributed by atoms with Crippen molar-refractivity contribution in [2.75, 3.05) is 12.0 Å². The average Bonchev–Trinajstić information content (AvgIpc) is 2.81. The molecule has 0 aliphatic rings. The molecule has 2 rings (SSSR count). The van der Waals surface area contributed by atoms with E-state index in [0.717, 1.165) is 5.56 Å². The van der Waals surface area contributed by atoms with Crippen molar-refractivity contribution >= 4 is 0 Å². The number of nitrogens with one attached hydrogen (secondary N) is 1. The topological polar surface area (TPSA) is 37.2 Å². The first-order valence-electron chi connectivity index (χ1n) is 5.33. The fourth-order valence-corrected chi connectivity index (χ4v) is 1.58. The molecule has 16 heavy (non-hydrogen) atoms. The molecule has 0 saturated heterocycles. The van der Waals surface area contributed by atoms with Gasteiger partial charge in [-0.2, -0.15) is 0 Å². The van der Waals surface area contributed by atoms with Gasteiger partial charge >= 0.3 is 0 Å². The van der Waals surface area contributed by atoms with E-state index in [9.17, 15) is 5.11 Å². The van der Waals surface area contributed by atoms with Crippen LogP contribution in [0.5, 0.6) is 0 Å². The summed E-state index contributed by atoms with van der Waals surface area (Å²) < 4.78 is 1.83. The summed E-state index contributed by atoms with van der Waals surface area (Å²) in [5.41, 5.74) is 3.17. The maximum absolute atomic E-state index is 10.3. The zero-order valence-electron chi connectivity index (χ0n) is 9.30. The lowest BCUT2D eigenvalue weighted by molar-refractivity contribution is 0.0687. The maximum Gasteiger partial charge on any atom is 0.106 e. The largest absolute Gasteiger partial charge is 0.384 e. The molecule has 0 amide bonds. The summed E-state index contributed by atoms with van der Waals surface area (Å²) in [6, 6.07) is 13.5. The molecule has 1 unspecified atom stereocenters. The molecule has 0 aliphatic carbocycles. The zero-order chi connectivity index (χ0) is 11.4. The number of aliphatic hydroxyl groups is 1. The van der Waals surface area contributed by atoms with Gasteiger partial charge in [0.05, 0.1) is 6.54 Å². The van der Waals surface area contributed by atoms with Gasteiger partial charge in [-0.25, -0.2) is 0 Å². The standard InChI is InChI=1S/C13H16N2O/c1-13(16,12-7-3-2-4-8-12)11-14-15-9-5-6-10-15/h2-10,14,16H,11H2,1H3. The average molecular weight is 216 g/mol. The minimum atomic E-state index is -0.870. The Morgan fingerprint density at radius 3 is 2.38 bits per heavy atom. The summed E-state index contributed by atoms with van der Waals surface area (Å²) in [6.45, 7) is 2.27. The molecule has 84 valence electrons. The van der Waals surface area contributed by atoms with E-state index in [-0.39, 0.29) is 0 Å². The maximum atomic E-state index is 10.3. The lowest BCUT2D eigenvalue weighted by atomic mass is 9.96. The van der Waals surface area contributed by atoms with Crippen LogP contribution < -0.4 is 5.43 Å². The Morgan fingerprint density at radius 2 is 1.75 bits per heavy atom. The number of hydrogen-bond acceptors (Lipinski definition) is 2. The van der Waals surface area contributed by atoms with Gasteiger partial charge < -0.3 is 10.5 Å². The lowest BCUT2D eigenvalue weighted by Gasteiger charge is -2.25. The van der Waals surface area contributed by atoms with Gasteiger partial charge in [-0.05, 0) is 24.6 Å². The van der Waals surface area contributed by atoms with Crippen LogP contribution in [0.2, 0.25) is 0 Å². The first-order valence-corrected chi connectivity index (χ1v) is 5.33. The zero-order valence-corrected chi connectivity index (χ0v) is 9.30. The molecule has 1 aromatic heterocycles. The number of rotatable bonds is 4. The monoisotopic (exact) mass is 216 g/mol. The highest BCUT2D eigenvalue weighted by Crippen LogP contribution is 2.19. The molecule has 0 spiro atoms. The van der Waals surface area contributed by atoms with E-state index < -0.39 is 5.60 Å². The van der Waals surface area contributed by atoms with Crippen molar-refractivity contribution in [2.24, 2.45) is 0 Å². The van der Waals surface area contributed by atoms with E-state index >= 15 is 0 Å². The quantitative estimate of drug-likeness (QED) is 0.819. The predicted octanol–water partition coefficient (Wildman–Crippen LogP) is 1.94. The highest BCUT2D eigenvalue weighted by Gasteiger charge is 2.22. The van der Waals surface area contributed by atoms with Gasteiger partial charge in [0.25, 0.3) is 0 Å². The molecule has 0 bridgehead atoms. The minimum Gasteiger partial charge on any atom is -0.384 e. The molecular weight excluding hydrogens is 200 g/mol. The Hall–Kier alpha value is -1.74. The second kappa shape index (κ2) is 4.41. The fourth-order valence-electron chi connectivity index (χ4n) is 1.58. The predicted molar refractivity (Wildman–Crippen MR) is 64.7 cm³/mol. The van der Waals surface area contributed by atoms with Crippen LogP contribution >= 0.6 is 0 Å². The van der Waals surface area contributed by atoms with Crippen molar-refractivity contribution < 1.29 is 5.11 Å². The summed E-state index contributed by atoms with van der Waals surface area (Å²) in [5.74, 6) is 0. The third-order valence-corrected chi connectivity index (χ3v) is 2.61. The highest BCUT2D eigenvalue weighted by atomic mass is 16.3. The molecule has 3 heteroatoms. The highest BCUT2D eigenvalue weighted by molar-refractivity contribution is 5.22. The van der Waals surface area contributed by atoms with Crippen molar-refractivity contribution in [3.05, 3.63) is 60.4 Å². The summed E-state index contributed by atoms with van der Waals surface area (Å²) >= 11 is 0. The Morgan fingerprint density at radius 1 is 1.12 bits per heavy atom. The Bertz CT molecular complexity index is 420. The number of benzene rings is 1. The minimum absolute atomic E-state index is 0.464. The van der Waals surface area contributed by atoms with Crippen LogP contribution in [-0.4, -0.2) is 16.3 Å². The van der Waals surface area contributed by atoms with Crippen LogP contribution in [0.3, 0.4) is 0 Å². The van der Waals surface area contributed by atoms with Crippen molar-refractivity contribution in [1.29, 1.82) is 0 Å². The van der Waals surface area contributed by atoms with Crippen molar-refractivity contribution in [3.63, 3.8) is 0 Å². The third-order valence-electron chi connectivity index (χ3n) is 2.61. The molecule has 1 atom stereocenters. The molecule has 3 nitrogen and oxygen atoms in total. The Kier molecular flexibility index (Phi) is 2.97. The van der Waals surface area contributed by atoms with Crippen LogP contribution in [0.15, 0.2) is 54.9 Å². The smallest absolute Gasteiger partial charge is 0.106 e. The molecular formula is C13H16N2O. The van der Waals surface area contributed by atoms with Gasteiger partial charge in [-0.1, -0.05) is 30.3 Å². The van der Waals surface area contributed by atoms with E-state index in [0.29, 0.717) is 6.54 Å². The van der Waals surface area contributed by atoms with Crippen molar-refractivity contribution in [1.82, 2.24) is 4.68 Å². The van der Waals surface area contributed by atoms with Gasteiger partial charge in [0.1, 0.15) is 5.60 Å². The van der Waals surface area contributed by atoms with E-state index in [2.05, 4.69) is 5.43 Å². The van der Waals surface area contributed by atoms with Crippen LogP contribution in [0, 0.1) is 0 Å². The lowest BCUT2D eigenvalue weighted by Crippen LogP contribution is -2.33. The van der Waals surface area contributed by atoms with Crippen LogP contribution in [-0.2, 0) is 5.60 Å². The SMILES string of the molecule is CC(O)(CNn1cccc1)c1ccccc1. The number of nitrogens with zero attached hydrogens (tertiary/aromatic N) is 1. The molecule has 0 saturated carbocycles. The third kappa shape index (κ3) is 2.44. The van der Waals surface area contributed by atoms with Gasteiger partial charge in [0.15, 0.2) is 0 Å². The molecule has 2 N–H and O–H groups in total. The van der Waals surface area contributed by atoms with Gasteiger partial charge in [0.2, 0.25) is 0 Å². The summed E-state index contributed by atoms with van der Waals surface area (Å²) in [7, 11) is 0. The Balaban J connectivity index is 2.03. The van der Waals surface area contributed by atoms with Crippen molar-refractivity contribution in [2.45, 2.75) is 12.5 Å². The van der Waals surface area contributed by atoms with Gasteiger partial charge in [-0.3, -0.25) is 4.68 Å². The van der Waals surface area contributed by atoms with E-state index in [1.807, 2.05) is 59.5 Å². The summed E-state index contributed by atoms with van der Waals surface area (Å²) in [4.78, 5) is 0. The van der Waals surface area contributed by atoms with E-state index in [1.165, 1.54) is 0 Å². The molecule has 0 fully saturated rings. The molecule has 1 heterocycles. The second-order valence-electron chi connectivity index (χ2n) is 4.07. The summed E-state index contributed by atoms with van der Waals surface area (Å²) in [5, 5.41) is 10.3. The van der Waals surface area contributed by atoms with Gasteiger partial charge in [0, 0.05) is 12.4 Å². The normalized spacial score (nSPS) is 14.4. The molecule has 0 radical (unpaired) electrons. The fraction of sp³-hybridized carbons (Fsp3) is 0.231. The van der Waals surface area contributed by atoms with Crippen LogP contribution in [0.25, 0.3) is 0 Å². The van der Waals surface area contributed by atoms with Gasteiger partial charge in [-0.15, -0.1) is 0 Å². The number of hydrogen-bond donors (Lipinski definition) is 2. The molecule has 2 aromatic rings. The van der Waals surface area contributed by atoms with Crippen LogP contribution in [0.1, 0.15) is 12.5 Å². The van der Waals surface area contributed by atoms with Crippen molar-refractivity contribution in [3.8, 4) is 0 Å². The first kappa shape index (κ1) is 10.8. The van der Waals surface area contributed by atoms with E-state index in [1.54, 1.807) is 6.92 Å². The first-order chi connectivity index (χ1) is 7.68. The Labute approximate surface area is 95.3 Å². The second-order valence-corrected chi connectivity index (χ2v) is 4.07.